The third-order valence-corrected chi connectivity index (χ3v) is 2.37. The van der Waals surface area contributed by atoms with Gasteiger partial charge >= 0.3 is 0 Å². The van der Waals surface area contributed by atoms with Gasteiger partial charge < -0.3 is 4.42 Å². The van der Waals surface area contributed by atoms with Crippen LogP contribution in [-0.4, -0.2) is 10.2 Å². The van der Waals surface area contributed by atoms with Crippen molar-refractivity contribution in [1.29, 1.82) is 0 Å². The number of halogens is 1. The van der Waals surface area contributed by atoms with Crippen molar-refractivity contribution >= 4 is 11.6 Å². The van der Waals surface area contributed by atoms with Gasteiger partial charge in [-0.25, -0.2) is 0 Å². The molecular weight excluding hydrogens is 224 g/mol. The number of benzene rings is 1. The van der Waals surface area contributed by atoms with E-state index in [1.807, 2.05) is 45.0 Å². The molecule has 1 heterocycles. The Hall–Kier alpha value is -1.35. The lowest BCUT2D eigenvalue weighted by Crippen LogP contribution is -2.11. The molecule has 2 aromatic rings. The number of hydrogen-bond acceptors (Lipinski definition) is 3. The van der Waals surface area contributed by atoms with Gasteiger partial charge in [0.2, 0.25) is 11.8 Å². The fourth-order valence-corrected chi connectivity index (χ4v) is 1.45. The molecule has 0 spiro atoms. The van der Waals surface area contributed by atoms with Crippen LogP contribution < -0.4 is 0 Å². The fourth-order valence-electron chi connectivity index (χ4n) is 1.26. The highest BCUT2D eigenvalue weighted by Crippen LogP contribution is 2.26. The molecule has 0 radical (unpaired) electrons. The summed E-state index contributed by atoms with van der Waals surface area (Å²) in [7, 11) is 0. The maximum Gasteiger partial charge on any atom is 0.247 e. The lowest BCUT2D eigenvalue weighted by molar-refractivity contribution is 0.399. The molecule has 16 heavy (non-hydrogen) atoms. The van der Waals surface area contributed by atoms with Crippen molar-refractivity contribution < 1.29 is 4.42 Å². The molecule has 0 unspecified atom stereocenters. The van der Waals surface area contributed by atoms with E-state index in [1.54, 1.807) is 0 Å². The minimum absolute atomic E-state index is 0.135. The third kappa shape index (κ3) is 2.25. The summed E-state index contributed by atoms with van der Waals surface area (Å²) in [6, 6.07) is 7.37. The SMILES string of the molecule is CC(C)(C)c1nnc(-c2cccc(Cl)c2)o1. The highest BCUT2D eigenvalue weighted by Gasteiger charge is 2.21. The van der Waals surface area contributed by atoms with Crippen molar-refractivity contribution in [1.82, 2.24) is 10.2 Å². The predicted octanol–water partition coefficient (Wildman–Crippen LogP) is 3.69. The van der Waals surface area contributed by atoms with Crippen molar-refractivity contribution in [2.24, 2.45) is 0 Å². The minimum atomic E-state index is -0.135. The lowest BCUT2D eigenvalue weighted by Gasteiger charge is -2.10. The Balaban J connectivity index is 2.39. The maximum absolute atomic E-state index is 5.90. The Kier molecular flexibility index (Phi) is 2.72. The van der Waals surface area contributed by atoms with E-state index in [2.05, 4.69) is 10.2 Å². The number of rotatable bonds is 1. The molecule has 0 bridgehead atoms. The summed E-state index contributed by atoms with van der Waals surface area (Å²) in [4.78, 5) is 0. The van der Waals surface area contributed by atoms with Crippen molar-refractivity contribution in [2.45, 2.75) is 26.2 Å². The maximum atomic E-state index is 5.90. The van der Waals surface area contributed by atoms with Crippen LogP contribution in [0, 0.1) is 0 Å². The molecule has 0 saturated carbocycles. The molecule has 3 nitrogen and oxygen atoms in total. The summed E-state index contributed by atoms with van der Waals surface area (Å²) in [5.41, 5.74) is 0.708. The standard InChI is InChI=1S/C12H13ClN2O/c1-12(2,3)11-15-14-10(16-11)8-5-4-6-9(13)7-8/h4-7H,1-3H3. The number of nitrogens with zero attached hydrogens (tertiary/aromatic N) is 2. The summed E-state index contributed by atoms with van der Waals surface area (Å²) < 4.78 is 5.61. The average Bonchev–Trinajstić information content (AvgIpc) is 2.65. The van der Waals surface area contributed by atoms with Crippen LogP contribution in [0.25, 0.3) is 11.5 Å². The molecule has 1 aromatic carbocycles. The van der Waals surface area contributed by atoms with E-state index < -0.39 is 0 Å². The van der Waals surface area contributed by atoms with Crippen LogP contribution in [0.5, 0.6) is 0 Å². The largest absolute Gasteiger partial charge is 0.420 e. The molecule has 0 aliphatic carbocycles. The van der Waals surface area contributed by atoms with Crippen LogP contribution in [0.15, 0.2) is 28.7 Å². The van der Waals surface area contributed by atoms with Crippen LogP contribution >= 0.6 is 11.6 Å². The molecular formula is C12H13ClN2O. The van der Waals surface area contributed by atoms with Gasteiger partial charge in [0, 0.05) is 16.0 Å². The van der Waals surface area contributed by atoms with Crippen molar-refractivity contribution in [3.63, 3.8) is 0 Å². The van der Waals surface area contributed by atoms with Crippen molar-refractivity contribution in [2.75, 3.05) is 0 Å². The molecule has 4 heteroatoms. The van der Waals surface area contributed by atoms with Crippen LogP contribution in [0.1, 0.15) is 26.7 Å². The van der Waals surface area contributed by atoms with Crippen LogP contribution in [0.2, 0.25) is 5.02 Å². The average molecular weight is 237 g/mol. The van der Waals surface area contributed by atoms with E-state index in [1.165, 1.54) is 0 Å². The number of aromatic nitrogens is 2. The number of hydrogen-bond donors (Lipinski definition) is 0. The molecule has 84 valence electrons. The Bertz CT molecular complexity index is 500. The molecule has 0 aliphatic rings. The van der Waals surface area contributed by atoms with E-state index >= 15 is 0 Å². The highest BCUT2D eigenvalue weighted by molar-refractivity contribution is 6.30. The normalized spacial score (nSPS) is 11.8. The van der Waals surface area contributed by atoms with Gasteiger partial charge in [0.25, 0.3) is 0 Å². The summed E-state index contributed by atoms with van der Waals surface area (Å²) in [5, 5.41) is 8.71. The van der Waals surface area contributed by atoms with Gasteiger partial charge in [-0.3, -0.25) is 0 Å². The first-order valence-corrected chi connectivity index (χ1v) is 5.44. The molecule has 1 aromatic heterocycles. The van der Waals surface area contributed by atoms with E-state index in [9.17, 15) is 0 Å². The van der Waals surface area contributed by atoms with Crippen LogP contribution in [0.4, 0.5) is 0 Å². The summed E-state index contributed by atoms with van der Waals surface area (Å²) in [6.45, 7) is 6.09. The molecule has 0 atom stereocenters. The first-order chi connectivity index (χ1) is 7.47. The van der Waals surface area contributed by atoms with Gasteiger partial charge in [0.1, 0.15) is 0 Å². The zero-order chi connectivity index (χ0) is 11.8. The zero-order valence-corrected chi connectivity index (χ0v) is 10.2. The van der Waals surface area contributed by atoms with Gasteiger partial charge in [-0.1, -0.05) is 38.4 Å². The van der Waals surface area contributed by atoms with E-state index in [4.69, 9.17) is 16.0 Å². The lowest BCUT2D eigenvalue weighted by atomic mass is 9.97. The van der Waals surface area contributed by atoms with Crippen LogP contribution in [0.3, 0.4) is 0 Å². The Morgan fingerprint density at radius 1 is 1.19 bits per heavy atom. The molecule has 2 rings (SSSR count). The Morgan fingerprint density at radius 3 is 2.50 bits per heavy atom. The Morgan fingerprint density at radius 2 is 1.94 bits per heavy atom. The van der Waals surface area contributed by atoms with Crippen LogP contribution in [-0.2, 0) is 5.41 Å². The summed E-state index contributed by atoms with van der Waals surface area (Å²) in [5.74, 6) is 1.13. The van der Waals surface area contributed by atoms with Gasteiger partial charge in [0.15, 0.2) is 0 Å². The van der Waals surface area contributed by atoms with E-state index in [-0.39, 0.29) is 5.41 Å². The second-order valence-corrected chi connectivity index (χ2v) is 5.11. The minimum Gasteiger partial charge on any atom is -0.420 e. The Labute approximate surface area is 99.5 Å². The molecule has 0 fully saturated rings. The molecule has 0 saturated heterocycles. The topological polar surface area (TPSA) is 38.9 Å². The smallest absolute Gasteiger partial charge is 0.247 e. The van der Waals surface area contributed by atoms with Gasteiger partial charge in [-0.15, -0.1) is 10.2 Å². The third-order valence-electron chi connectivity index (χ3n) is 2.14. The van der Waals surface area contributed by atoms with Gasteiger partial charge in [-0.05, 0) is 18.2 Å². The second kappa shape index (κ2) is 3.91. The molecule has 0 aliphatic heterocycles. The highest BCUT2D eigenvalue weighted by atomic mass is 35.5. The van der Waals surface area contributed by atoms with E-state index in [0.717, 1.165) is 5.56 Å². The van der Waals surface area contributed by atoms with Crippen molar-refractivity contribution in [3.05, 3.63) is 35.2 Å². The summed E-state index contributed by atoms with van der Waals surface area (Å²) >= 11 is 5.90. The van der Waals surface area contributed by atoms with Gasteiger partial charge in [-0.2, -0.15) is 0 Å². The second-order valence-electron chi connectivity index (χ2n) is 4.67. The van der Waals surface area contributed by atoms with Crippen molar-refractivity contribution in [3.8, 4) is 11.5 Å². The zero-order valence-electron chi connectivity index (χ0n) is 9.49. The first kappa shape index (κ1) is 11.1. The fraction of sp³-hybridized carbons (Fsp3) is 0.333. The first-order valence-electron chi connectivity index (χ1n) is 5.07. The monoisotopic (exact) mass is 236 g/mol. The van der Waals surface area contributed by atoms with E-state index in [0.29, 0.717) is 16.8 Å². The molecule has 0 amide bonds. The quantitative estimate of drug-likeness (QED) is 0.758. The molecule has 0 N–H and O–H groups in total. The van der Waals surface area contributed by atoms with Gasteiger partial charge in [0.05, 0.1) is 0 Å². The predicted molar refractivity (Wildman–Crippen MR) is 63.4 cm³/mol. The summed E-state index contributed by atoms with van der Waals surface area (Å²) in [6.07, 6.45) is 0.